The Bertz CT molecular complexity index is 338. The standard InChI is InChI=1S/C6H16N2O6S2/c1-3-5-7-15(9,10)13-14-16(11,12)8-6-4-2/h7-8H,3-6H2,1-2H3. The number of nitrogens with one attached hydrogen (secondary N) is 2. The summed E-state index contributed by atoms with van der Waals surface area (Å²) in [7, 11) is -8.39. The minimum atomic E-state index is -4.19. The monoisotopic (exact) mass is 276 g/mol. The highest BCUT2D eigenvalue weighted by atomic mass is 32.3. The van der Waals surface area contributed by atoms with E-state index < -0.39 is 20.6 Å². The zero-order valence-corrected chi connectivity index (χ0v) is 10.7. The maximum Gasteiger partial charge on any atom is 0.363 e. The summed E-state index contributed by atoms with van der Waals surface area (Å²) >= 11 is 0. The molecule has 0 aromatic heterocycles. The summed E-state index contributed by atoms with van der Waals surface area (Å²) in [5.41, 5.74) is 0. The highest BCUT2D eigenvalue weighted by Crippen LogP contribution is 1.95. The molecular weight excluding hydrogens is 260 g/mol. The van der Waals surface area contributed by atoms with Crippen molar-refractivity contribution in [3.63, 3.8) is 0 Å². The van der Waals surface area contributed by atoms with Crippen LogP contribution in [0.4, 0.5) is 0 Å². The van der Waals surface area contributed by atoms with Crippen LogP contribution in [0.25, 0.3) is 0 Å². The van der Waals surface area contributed by atoms with E-state index in [0.717, 1.165) is 0 Å². The molecular formula is C6H16N2O6S2. The molecule has 0 aliphatic heterocycles. The molecule has 0 bridgehead atoms. The maximum absolute atomic E-state index is 11.0. The van der Waals surface area contributed by atoms with Crippen LogP contribution in [0.5, 0.6) is 0 Å². The first-order valence-electron chi connectivity index (χ1n) is 4.70. The SMILES string of the molecule is CCCNS(=O)(=O)OOS(=O)(=O)NCCC. The van der Waals surface area contributed by atoms with Crippen molar-refractivity contribution in [2.45, 2.75) is 26.7 Å². The summed E-state index contributed by atoms with van der Waals surface area (Å²) in [4.78, 5) is 0. The highest BCUT2D eigenvalue weighted by Gasteiger charge is 2.18. The van der Waals surface area contributed by atoms with E-state index in [1.54, 1.807) is 13.8 Å². The van der Waals surface area contributed by atoms with E-state index in [9.17, 15) is 16.8 Å². The number of hydrogen-bond acceptors (Lipinski definition) is 6. The molecule has 16 heavy (non-hydrogen) atoms. The fourth-order valence-electron chi connectivity index (χ4n) is 0.575. The highest BCUT2D eigenvalue weighted by molar-refractivity contribution is 7.86. The van der Waals surface area contributed by atoms with Gasteiger partial charge in [0, 0.05) is 13.1 Å². The molecule has 2 N–H and O–H groups in total. The summed E-state index contributed by atoms with van der Waals surface area (Å²) in [6.07, 6.45) is 1.09. The largest absolute Gasteiger partial charge is 0.363 e. The quantitative estimate of drug-likeness (QED) is 0.431. The average Bonchev–Trinajstić information content (AvgIpc) is 2.22. The van der Waals surface area contributed by atoms with Crippen LogP contribution in [-0.2, 0) is 29.3 Å². The lowest BCUT2D eigenvalue weighted by molar-refractivity contribution is -0.0883. The number of hydrogen-bond donors (Lipinski definition) is 2. The Kier molecular flexibility index (Phi) is 7.03. The van der Waals surface area contributed by atoms with Crippen molar-refractivity contribution in [1.82, 2.24) is 9.44 Å². The van der Waals surface area contributed by atoms with E-state index in [1.807, 2.05) is 9.44 Å². The van der Waals surface area contributed by atoms with Crippen LogP contribution in [0.3, 0.4) is 0 Å². The van der Waals surface area contributed by atoms with E-state index in [0.29, 0.717) is 12.8 Å². The molecule has 0 aliphatic rings. The van der Waals surface area contributed by atoms with Crippen molar-refractivity contribution >= 4 is 20.6 Å². The van der Waals surface area contributed by atoms with E-state index in [4.69, 9.17) is 0 Å². The van der Waals surface area contributed by atoms with Gasteiger partial charge in [-0.1, -0.05) is 22.5 Å². The fourth-order valence-corrected chi connectivity index (χ4v) is 2.16. The molecule has 0 aromatic rings. The second-order valence-corrected chi connectivity index (χ2v) is 5.50. The van der Waals surface area contributed by atoms with Crippen molar-refractivity contribution in [3.05, 3.63) is 0 Å². The van der Waals surface area contributed by atoms with Gasteiger partial charge in [-0.05, 0) is 12.8 Å². The summed E-state index contributed by atoms with van der Waals surface area (Å²) in [6.45, 7) is 3.74. The molecule has 0 aromatic carbocycles. The Morgan fingerprint density at radius 2 is 1.12 bits per heavy atom. The normalized spacial score (nSPS) is 12.9. The van der Waals surface area contributed by atoms with Crippen LogP contribution in [-0.4, -0.2) is 29.9 Å². The van der Waals surface area contributed by atoms with Crippen LogP contribution in [0, 0.1) is 0 Å². The Hall–Kier alpha value is -0.260. The third-order valence-electron chi connectivity index (χ3n) is 1.26. The lowest BCUT2D eigenvalue weighted by atomic mass is 10.5. The van der Waals surface area contributed by atoms with Gasteiger partial charge in [-0.3, -0.25) is 0 Å². The van der Waals surface area contributed by atoms with Crippen LogP contribution >= 0.6 is 0 Å². The van der Waals surface area contributed by atoms with Gasteiger partial charge in [0.2, 0.25) is 0 Å². The van der Waals surface area contributed by atoms with Crippen LogP contribution in [0.2, 0.25) is 0 Å². The zero-order valence-electron chi connectivity index (χ0n) is 9.09. The van der Waals surface area contributed by atoms with E-state index >= 15 is 0 Å². The first-order chi connectivity index (χ1) is 7.33. The molecule has 0 unspecified atom stereocenters. The summed E-state index contributed by atoms with van der Waals surface area (Å²) < 4.78 is 55.4. The molecule has 0 aliphatic carbocycles. The first kappa shape index (κ1) is 15.7. The van der Waals surface area contributed by atoms with Gasteiger partial charge in [-0.15, -0.1) is 0 Å². The van der Waals surface area contributed by atoms with Crippen LogP contribution in [0.1, 0.15) is 26.7 Å². The van der Waals surface area contributed by atoms with Crippen molar-refractivity contribution in [2.75, 3.05) is 13.1 Å². The third kappa shape index (κ3) is 7.96. The predicted octanol–water partition coefficient (Wildman–Crippen LogP) is -0.577. The van der Waals surface area contributed by atoms with Gasteiger partial charge in [0.15, 0.2) is 0 Å². The minimum absolute atomic E-state index is 0.133. The van der Waals surface area contributed by atoms with E-state index in [1.165, 1.54) is 0 Å². The Morgan fingerprint density at radius 1 is 0.812 bits per heavy atom. The smallest absolute Gasteiger partial charge is 0.190 e. The molecule has 0 saturated heterocycles. The lowest BCUT2D eigenvalue weighted by Gasteiger charge is -2.05. The lowest BCUT2D eigenvalue weighted by Crippen LogP contribution is -2.32. The van der Waals surface area contributed by atoms with Crippen molar-refractivity contribution in [1.29, 1.82) is 0 Å². The topological polar surface area (TPSA) is 111 Å². The Morgan fingerprint density at radius 3 is 1.38 bits per heavy atom. The fraction of sp³-hybridized carbons (Fsp3) is 1.00. The van der Waals surface area contributed by atoms with Gasteiger partial charge < -0.3 is 0 Å². The molecule has 0 spiro atoms. The van der Waals surface area contributed by atoms with Gasteiger partial charge in [-0.25, -0.2) is 0 Å². The molecule has 0 fully saturated rings. The molecule has 0 heterocycles. The summed E-state index contributed by atoms with van der Waals surface area (Å²) in [5.74, 6) is 0. The first-order valence-corrected chi connectivity index (χ1v) is 7.51. The molecule has 0 amide bonds. The molecule has 98 valence electrons. The van der Waals surface area contributed by atoms with Gasteiger partial charge in [-0.2, -0.15) is 26.3 Å². The third-order valence-corrected chi connectivity index (χ3v) is 2.96. The molecule has 0 radical (unpaired) electrons. The van der Waals surface area contributed by atoms with Crippen molar-refractivity contribution < 1.29 is 25.5 Å². The zero-order chi connectivity index (χ0) is 12.7. The molecule has 8 nitrogen and oxygen atoms in total. The molecule has 0 atom stereocenters. The van der Waals surface area contributed by atoms with E-state index in [2.05, 4.69) is 8.67 Å². The summed E-state index contributed by atoms with van der Waals surface area (Å²) in [6, 6.07) is 0. The number of rotatable bonds is 9. The van der Waals surface area contributed by atoms with Gasteiger partial charge in [0.25, 0.3) is 0 Å². The second kappa shape index (κ2) is 7.14. The van der Waals surface area contributed by atoms with Gasteiger partial charge in [0.1, 0.15) is 0 Å². The molecule has 0 rings (SSSR count). The molecule has 10 heteroatoms. The Balaban J connectivity index is 4.13. The van der Waals surface area contributed by atoms with E-state index in [-0.39, 0.29) is 13.1 Å². The van der Waals surface area contributed by atoms with Gasteiger partial charge in [0.05, 0.1) is 0 Å². The molecule has 0 saturated carbocycles. The van der Waals surface area contributed by atoms with Crippen molar-refractivity contribution in [3.8, 4) is 0 Å². The maximum atomic E-state index is 11.0. The minimum Gasteiger partial charge on any atom is -0.190 e. The van der Waals surface area contributed by atoms with Crippen molar-refractivity contribution in [2.24, 2.45) is 0 Å². The summed E-state index contributed by atoms with van der Waals surface area (Å²) in [5, 5.41) is 0. The van der Waals surface area contributed by atoms with Crippen LogP contribution in [0.15, 0.2) is 0 Å². The van der Waals surface area contributed by atoms with Gasteiger partial charge >= 0.3 is 20.6 Å². The Labute approximate surface area is 95.8 Å². The van der Waals surface area contributed by atoms with Crippen LogP contribution < -0.4 is 9.44 Å². The second-order valence-electron chi connectivity index (χ2n) is 2.83. The predicted molar refractivity (Wildman–Crippen MR) is 56.6 cm³/mol. The average molecular weight is 276 g/mol.